The highest BCUT2D eigenvalue weighted by Gasteiger charge is 2.41. The van der Waals surface area contributed by atoms with Crippen LogP contribution in [0.3, 0.4) is 0 Å². The highest BCUT2D eigenvalue weighted by Crippen LogP contribution is 2.36. The predicted molar refractivity (Wildman–Crippen MR) is 131 cm³/mol. The number of nitrogens with zero attached hydrogens (tertiary/aromatic N) is 2. The summed E-state index contributed by atoms with van der Waals surface area (Å²) in [6.07, 6.45) is -3.15. The first-order valence-corrected chi connectivity index (χ1v) is 11.9. The van der Waals surface area contributed by atoms with Crippen LogP contribution in [0, 0.1) is 47.9 Å². The van der Waals surface area contributed by atoms with Gasteiger partial charge >= 0.3 is 6.11 Å². The third-order valence-corrected chi connectivity index (χ3v) is 6.49. The minimum atomic E-state index is -4.69. The van der Waals surface area contributed by atoms with Crippen molar-refractivity contribution in [3.05, 3.63) is 112 Å². The van der Waals surface area contributed by atoms with Crippen LogP contribution in [-0.2, 0) is 6.11 Å². The zero-order chi connectivity index (χ0) is 27.9. The second kappa shape index (κ2) is 10.0. The summed E-state index contributed by atoms with van der Waals surface area (Å²) < 4.78 is 103. The van der Waals surface area contributed by atoms with Gasteiger partial charge in [0.25, 0.3) is 0 Å². The summed E-state index contributed by atoms with van der Waals surface area (Å²) in [6.45, 7) is 1.98. The minimum Gasteiger partial charge on any atom is -0.429 e. The molecule has 0 bridgehead atoms. The van der Waals surface area contributed by atoms with Gasteiger partial charge in [0.05, 0.1) is 10.2 Å². The highest BCUT2D eigenvalue weighted by atomic mass is 32.1. The average molecular weight is 558 g/mol. The normalized spacial score (nSPS) is 11.4. The van der Waals surface area contributed by atoms with E-state index in [0.29, 0.717) is 12.1 Å². The Morgan fingerprint density at radius 2 is 1.51 bits per heavy atom. The zero-order valence-corrected chi connectivity index (χ0v) is 20.4. The summed E-state index contributed by atoms with van der Waals surface area (Å²) in [5.41, 5.74) is 0.850. The van der Waals surface area contributed by atoms with Crippen molar-refractivity contribution in [3.8, 4) is 28.2 Å². The lowest BCUT2D eigenvalue weighted by Crippen LogP contribution is -2.25. The maximum absolute atomic E-state index is 14.5. The van der Waals surface area contributed by atoms with E-state index >= 15 is 0 Å². The van der Waals surface area contributed by atoms with Crippen molar-refractivity contribution in [3.63, 3.8) is 0 Å². The van der Waals surface area contributed by atoms with E-state index < -0.39 is 46.5 Å². The molecule has 0 aliphatic carbocycles. The molecular weight excluding hydrogens is 545 g/mol. The number of alkyl halides is 2. The molecule has 0 amide bonds. The van der Waals surface area contributed by atoms with Crippen molar-refractivity contribution in [1.82, 2.24) is 9.97 Å². The third kappa shape index (κ3) is 5.42. The number of ether oxygens (including phenoxy) is 1. The van der Waals surface area contributed by atoms with Gasteiger partial charge in [-0.15, -0.1) is 11.3 Å². The largest absolute Gasteiger partial charge is 0.432 e. The molecule has 0 spiro atoms. The van der Waals surface area contributed by atoms with Gasteiger partial charge in [0.15, 0.2) is 17.5 Å². The number of pyridine rings is 1. The predicted octanol–water partition coefficient (Wildman–Crippen LogP) is 7.89. The molecule has 3 aromatic carbocycles. The molecule has 0 aliphatic rings. The molecule has 39 heavy (non-hydrogen) atoms. The molecule has 0 unspecified atom stereocenters. The van der Waals surface area contributed by atoms with Crippen LogP contribution in [-0.4, -0.2) is 9.97 Å². The van der Waals surface area contributed by atoms with E-state index in [4.69, 9.17) is 0 Å². The van der Waals surface area contributed by atoms with Crippen LogP contribution >= 0.6 is 11.3 Å². The van der Waals surface area contributed by atoms with E-state index in [-0.39, 0.29) is 23.4 Å². The van der Waals surface area contributed by atoms with Crippen molar-refractivity contribution >= 4 is 21.6 Å². The average Bonchev–Trinajstić information content (AvgIpc) is 3.28. The maximum atomic E-state index is 14.5. The Hall–Kier alpha value is -4.43. The summed E-state index contributed by atoms with van der Waals surface area (Å²) in [5, 5.41) is 0.747. The molecule has 0 saturated heterocycles. The van der Waals surface area contributed by atoms with E-state index in [1.54, 1.807) is 12.1 Å². The molecule has 2 aromatic heterocycles. The van der Waals surface area contributed by atoms with E-state index in [0.717, 1.165) is 26.4 Å². The molecule has 0 saturated carbocycles. The SMILES string of the molecule is Cc1ccc2nc(-c3ccc(C#Cc4cc(F)c(C(F)(F)Oc5cc(F)c(F)c(F)c5)c(F)c4)nc3)sc2c1. The Morgan fingerprint density at radius 1 is 0.821 bits per heavy atom. The van der Waals surface area contributed by atoms with Crippen molar-refractivity contribution in [1.29, 1.82) is 0 Å². The smallest absolute Gasteiger partial charge is 0.429 e. The van der Waals surface area contributed by atoms with Crippen LogP contribution in [0.1, 0.15) is 22.4 Å². The van der Waals surface area contributed by atoms with Gasteiger partial charge in [0.2, 0.25) is 0 Å². The summed E-state index contributed by atoms with van der Waals surface area (Å²) >= 11 is 1.49. The van der Waals surface area contributed by atoms with Crippen molar-refractivity contribution in [2.75, 3.05) is 0 Å². The Labute approximate surface area is 220 Å². The van der Waals surface area contributed by atoms with Crippen LogP contribution in [0.2, 0.25) is 0 Å². The molecule has 3 nitrogen and oxygen atoms in total. The molecular formula is C28H13F7N2OS. The van der Waals surface area contributed by atoms with Gasteiger partial charge in [-0.1, -0.05) is 12.0 Å². The first kappa shape index (κ1) is 26.2. The van der Waals surface area contributed by atoms with Gasteiger partial charge in [-0.05, 0) is 54.8 Å². The summed E-state index contributed by atoms with van der Waals surface area (Å²) in [6, 6.07) is 10.6. The first-order valence-electron chi connectivity index (χ1n) is 11.1. The Kier molecular flexibility index (Phi) is 6.74. The lowest BCUT2D eigenvalue weighted by molar-refractivity contribution is -0.189. The number of aromatic nitrogens is 2. The fourth-order valence-corrected chi connectivity index (χ4v) is 4.65. The number of fused-ring (bicyclic) bond motifs is 1. The van der Waals surface area contributed by atoms with Gasteiger partial charge in [-0.2, -0.15) is 8.78 Å². The Balaban J connectivity index is 1.36. The van der Waals surface area contributed by atoms with Crippen LogP contribution < -0.4 is 4.74 Å². The van der Waals surface area contributed by atoms with Gasteiger partial charge in [-0.3, -0.25) is 0 Å². The number of halogens is 7. The standard InChI is InChI=1S/C28H13F7N2OS/c1-14-2-7-23-24(8-14)39-27(37-23)16-4-6-17(36-13-16)5-3-15-9-19(29)25(20(30)10-15)28(34,35)38-18-11-21(31)26(33)22(32)12-18/h2,4,6-13H,1H3. The third-order valence-electron chi connectivity index (χ3n) is 5.43. The Bertz CT molecular complexity index is 1740. The molecule has 5 rings (SSSR count). The lowest BCUT2D eigenvalue weighted by Gasteiger charge is -2.19. The van der Waals surface area contributed by atoms with Crippen LogP contribution in [0.25, 0.3) is 20.8 Å². The quantitative estimate of drug-likeness (QED) is 0.128. The molecule has 5 aromatic rings. The van der Waals surface area contributed by atoms with Gasteiger partial charge in [-0.25, -0.2) is 31.9 Å². The second-order valence-electron chi connectivity index (χ2n) is 8.31. The van der Waals surface area contributed by atoms with Gasteiger partial charge in [0.1, 0.15) is 33.6 Å². The summed E-state index contributed by atoms with van der Waals surface area (Å²) in [7, 11) is 0. The van der Waals surface area contributed by atoms with E-state index in [1.807, 2.05) is 25.1 Å². The topological polar surface area (TPSA) is 35.0 Å². The number of aryl methyl sites for hydroxylation is 1. The molecule has 2 heterocycles. The van der Waals surface area contributed by atoms with E-state index in [9.17, 15) is 30.7 Å². The van der Waals surface area contributed by atoms with Gasteiger partial charge in [0, 0.05) is 29.5 Å². The number of rotatable bonds is 4. The monoisotopic (exact) mass is 558 g/mol. The van der Waals surface area contributed by atoms with Gasteiger partial charge < -0.3 is 4.74 Å². The maximum Gasteiger partial charge on any atom is 0.432 e. The zero-order valence-electron chi connectivity index (χ0n) is 19.6. The first-order chi connectivity index (χ1) is 18.5. The fourth-order valence-electron chi connectivity index (χ4n) is 3.60. The van der Waals surface area contributed by atoms with Crippen molar-refractivity contribution in [2.24, 2.45) is 0 Å². The van der Waals surface area contributed by atoms with Crippen molar-refractivity contribution < 1.29 is 35.5 Å². The number of benzene rings is 3. The summed E-state index contributed by atoms with van der Waals surface area (Å²) in [4.78, 5) is 8.77. The van der Waals surface area contributed by atoms with E-state index in [1.165, 1.54) is 17.5 Å². The highest BCUT2D eigenvalue weighted by molar-refractivity contribution is 7.21. The van der Waals surface area contributed by atoms with Crippen LogP contribution in [0.4, 0.5) is 30.7 Å². The number of thiazole rings is 1. The number of hydrogen-bond donors (Lipinski definition) is 0. The molecule has 0 aliphatic heterocycles. The number of hydrogen-bond acceptors (Lipinski definition) is 4. The minimum absolute atomic E-state index is 0.123. The van der Waals surface area contributed by atoms with Crippen molar-refractivity contribution in [2.45, 2.75) is 13.0 Å². The second-order valence-corrected chi connectivity index (χ2v) is 9.34. The lowest BCUT2D eigenvalue weighted by atomic mass is 10.1. The molecule has 0 radical (unpaired) electrons. The molecule has 0 N–H and O–H groups in total. The molecule has 11 heteroatoms. The molecule has 0 atom stereocenters. The molecule has 196 valence electrons. The summed E-state index contributed by atoms with van der Waals surface area (Å²) in [5.74, 6) is -5.12. The Morgan fingerprint density at radius 3 is 2.15 bits per heavy atom. The fraction of sp³-hybridized carbons (Fsp3) is 0.0714. The molecule has 0 fully saturated rings. The van der Waals surface area contributed by atoms with E-state index in [2.05, 4.69) is 26.5 Å². The van der Waals surface area contributed by atoms with Crippen LogP contribution in [0.5, 0.6) is 5.75 Å². The van der Waals surface area contributed by atoms with Crippen LogP contribution in [0.15, 0.2) is 60.8 Å².